The Kier molecular flexibility index (Phi) is 6.81. The second-order valence-electron chi connectivity index (χ2n) is 8.80. The molecule has 1 fully saturated rings. The minimum absolute atomic E-state index is 0.0151. The summed E-state index contributed by atoms with van der Waals surface area (Å²) in [5, 5.41) is 2.65. The Balaban J connectivity index is 1.86. The van der Waals surface area contributed by atoms with E-state index in [9.17, 15) is 23.6 Å². The lowest BCUT2D eigenvalue weighted by atomic mass is 10.1. The lowest BCUT2D eigenvalue weighted by Crippen LogP contribution is -2.46. The average Bonchev–Trinajstić information content (AvgIpc) is 2.86. The highest BCUT2D eigenvalue weighted by Crippen LogP contribution is 2.20. The molecule has 0 aliphatic carbocycles. The van der Waals surface area contributed by atoms with E-state index in [4.69, 9.17) is 0 Å². The number of halogens is 1. The molecule has 9 nitrogen and oxygen atoms in total. The van der Waals surface area contributed by atoms with Gasteiger partial charge in [0.05, 0.1) is 10.9 Å². The van der Waals surface area contributed by atoms with Crippen LogP contribution in [0.3, 0.4) is 0 Å². The fraction of sp³-hybridized carbons (Fsp3) is 0.400. The summed E-state index contributed by atoms with van der Waals surface area (Å²) in [6, 6.07) is 5.60. The number of likely N-dealkylation sites (tertiary alicyclic amines) is 1. The van der Waals surface area contributed by atoms with Gasteiger partial charge in [-0.25, -0.2) is 18.7 Å². The van der Waals surface area contributed by atoms with Gasteiger partial charge in [-0.2, -0.15) is 0 Å². The van der Waals surface area contributed by atoms with Crippen LogP contribution in [0, 0.1) is 12.7 Å². The molecule has 4 rings (SSSR count). The van der Waals surface area contributed by atoms with Gasteiger partial charge in [-0.3, -0.25) is 19.0 Å². The van der Waals surface area contributed by atoms with Gasteiger partial charge < -0.3 is 10.2 Å². The van der Waals surface area contributed by atoms with Crippen molar-refractivity contribution in [2.24, 2.45) is 7.05 Å². The molecular formula is C25H28FN5O4. The van der Waals surface area contributed by atoms with E-state index in [1.807, 2.05) is 0 Å². The summed E-state index contributed by atoms with van der Waals surface area (Å²) < 4.78 is 15.3. The normalized spacial score (nSPS) is 14.7. The minimum Gasteiger partial charge on any atom is -0.339 e. The van der Waals surface area contributed by atoms with Crippen molar-refractivity contribution in [2.45, 2.75) is 45.6 Å². The Labute approximate surface area is 201 Å². The number of nitrogens with zero attached hydrogens (tertiary/aromatic N) is 4. The van der Waals surface area contributed by atoms with Gasteiger partial charge in [0.2, 0.25) is 5.91 Å². The molecule has 1 aromatic carbocycles. The van der Waals surface area contributed by atoms with Crippen LogP contribution < -0.4 is 16.6 Å². The van der Waals surface area contributed by atoms with Crippen molar-refractivity contribution in [3.05, 3.63) is 68.2 Å². The Bertz CT molecular complexity index is 1400. The maximum Gasteiger partial charge on any atom is 0.333 e. The third-order valence-corrected chi connectivity index (χ3v) is 6.36. The number of aromatic nitrogens is 3. The molecule has 1 saturated heterocycles. The number of anilines is 1. The first-order chi connectivity index (χ1) is 16.7. The first-order valence-electron chi connectivity index (χ1n) is 11.7. The zero-order chi connectivity index (χ0) is 25.3. The first-order valence-corrected chi connectivity index (χ1v) is 11.7. The maximum absolute atomic E-state index is 13.7. The zero-order valence-electron chi connectivity index (χ0n) is 20.0. The molecule has 10 heteroatoms. The average molecular weight is 482 g/mol. The number of piperidine rings is 1. The fourth-order valence-electron chi connectivity index (χ4n) is 4.52. The summed E-state index contributed by atoms with van der Waals surface area (Å²) in [5.41, 5.74) is -0.331. The third kappa shape index (κ3) is 4.60. The number of amides is 2. The summed E-state index contributed by atoms with van der Waals surface area (Å²) in [6.07, 6.45) is 2.96. The van der Waals surface area contributed by atoms with Gasteiger partial charge in [0, 0.05) is 31.5 Å². The molecule has 1 aliphatic heterocycles. The second-order valence-corrected chi connectivity index (χ2v) is 8.80. The topological polar surface area (TPSA) is 106 Å². The molecule has 184 valence electrons. The molecule has 2 aromatic heterocycles. The van der Waals surface area contributed by atoms with E-state index in [0.717, 1.165) is 23.8 Å². The molecule has 1 N–H and O–H groups in total. The Morgan fingerprint density at radius 2 is 1.77 bits per heavy atom. The largest absolute Gasteiger partial charge is 0.339 e. The standard InChI is InChI=1S/C25H28FN5O4/c1-4-19(22(32)28-17-10-8-16(26)9-11-17)31-24(34)20-18(23(33)30-12-6-5-7-13-30)14-15(2)27-21(20)29(3)25(31)35/h8-11,14,19H,4-7,12-13H2,1-3H3,(H,28,32)/t19-/m0/s1. The lowest BCUT2D eigenvalue weighted by molar-refractivity contribution is -0.119. The number of carbonyl (C=O) groups is 2. The van der Waals surface area contributed by atoms with Crippen molar-refractivity contribution in [3.63, 3.8) is 0 Å². The number of carbonyl (C=O) groups excluding carboxylic acids is 2. The molecule has 1 aliphatic rings. The highest BCUT2D eigenvalue weighted by molar-refractivity contribution is 6.05. The van der Waals surface area contributed by atoms with E-state index >= 15 is 0 Å². The van der Waals surface area contributed by atoms with Crippen LogP contribution in [0.15, 0.2) is 39.9 Å². The van der Waals surface area contributed by atoms with E-state index in [1.165, 1.54) is 35.9 Å². The van der Waals surface area contributed by atoms with Gasteiger partial charge in [-0.15, -0.1) is 0 Å². The highest BCUT2D eigenvalue weighted by atomic mass is 19.1. The lowest BCUT2D eigenvalue weighted by Gasteiger charge is -2.27. The Morgan fingerprint density at radius 1 is 1.11 bits per heavy atom. The fourth-order valence-corrected chi connectivity index (χ4v) is 4.52. The van der Waals surface area contributed by atoms with Crippen LogP contribution in [-0.4, -0.2) is 43.9 Å². The summed E-state index contributed by atoms with van der Waals surface area (Å²) in [6.45, 7) is 4.57. The third-order valence-electron chi connectivity index (χ3n) is 6.36. The van der Waals surface area contributed by atoms with Crippen LogP contribution in [0.25, 0.3) is 11.0 Å². The van der Waals surface area contributed by atoms with E-state index in [1.54, 1.807) is 24.8 Å². The highest BCUT2D eigenvalue weighted by Gasteiger charge is 2.29. The molecule has 35 heavy (non-hydrogen) atoms. The molecule has 0 bridgehead atoms. The van der Waals surface area contributed by atoms with Crippen molar-refractivity contribution >= 4 is 28.5 Å². The van der Waals surface area contributed by atoms with Crippen molar-refractivity contribution < 1.29 is 14.0 Å². The van der Waals surface area contributed by atoms with Crippen LogP contribution in [0.1, 0.15) is 54.7 Å². The molecule has 0 spiro atoms. The number of hydrogen-bond donors (Lipinski definition) is 1. The number of pyridine rings is 1. The van der Waals surface area contributed by atoms with E-state index in [-0.39, 0.29) is 28.9 Å². The van der Waals surface area contributed by atoms with Gasteiger partial charge >= 0.3 is 5.69 Å². The predicted octanol–water partition coefficient (Wildman–Crippen LogP) is 2.76. The molecule has 0 unspecified atom stereocenters. The van der Waals surface area contributed by atoms with Crippen molar-refractivity contribution in [1.29, 1.82) is 0 Å². The van der Waals surface area contributed by atoms with Crippen molar-refractivity contribution in [1.82, 2.24) is 19.0 Å². The van der Waals surface area contributed by atoms with Crippen molar-refractivity contribution in [3.8, 4) is 0 Å². The summed E-state index contributed by atoms with van der Waals surface area (Å²) in [5.74, 6) is -1.34. The summed E-state index contributed by atoms with van der Waals surface area (Å²) >= 11 is 0. The molecule has 2 amide bonds. The molecule has 3 heterocycles. The Morgan fingerprint density at radius 3 is 2.40 bits per heavy atom. The van der Waals surface area contributed by atoms with Gasteiger partial charge in [-0.1, -0.05) is 6.92 Å². The number of aryl methyl sites for hydroxylation is 2. The van der Waals surface area contributed by atoms with Crippen molar-refractivity contribution in [2.75, 3.05) is 18.4 Å². The smallest absolute Gasteiger partial charge is 0.333 e. The summed E-state index contributed by atoms with van der Waals surface area (Å²) in [4.78, 5) is 59.6. The van der Waals surface area contributed by atoms with Gasteiger partial charge in [-0.05, 0) is 62.9 Å². The monoisotopic (exact) mass is 481 g/mol. The van der Waals surface area contributed by atoms with Crippen LogP contribution in [-0.2, 0) is 11.8 Å². The maximum atomic E-state index is 13.7. The molecule has 1 atom stereocenters. The molecule has 3 aromatic rings. The molecular weight excluding hydrogens is 453 g/mol. The van der Waals surface area contributed by atoms with Crippen LogP contribution >= 0.6 is 0 Å². The van der Waals surface area contributed by atoms with E-state index in [2.05, 4.69) is 10.3 Å². The number of nitrogens with one attached hydrogen (secondary N) is 1. The molecule has 0 radical (unpaired) electrons. The van der Waals surface area contributed by atoms with Crippen LogP contribution in [0.4, 0.5) is 10.1 Å². The molecule has 0 saturated carbocycles. The van der Waals surface area contributed by atoms with Gasteiger partial charge in [0.15, 0.2) is 0 Å². The number of benzene rings is 1. The first kappa shape index (κ1) is 24.3. The number of rotatable bonds is 5. The van der Waals surface area contributed by atoms with Gasteiger partial charge in [0.1, 0.15) is 17.5 Å². The Hall–Kier alpha value is -3.82. The minimum atomic E-state index is -1.14. The predicted molar refractivity (Wildman–Crippen MR) is 130 cm³/mol. The van der Waals surface area contributed by atoms with E-state index in [0.29, 0.717) is 24.5 Å². The SMILES string of the molecule is CC[C@@H](C(=O)Nc1ccc(F)cc1)n1c(=O)c2c(C(=O)N3CCCCC3)cc(C)nc2n(C)c1=O. The summed E-state index contributed by atoms with van der Waals surface area (Å²) in [7, 11) is 1.47. The number of fused-ring (bicyclic) bond motifs is 1. The number of hydrogen-bond acceptors (Lipinski definition) is 5. The van der Waals surface area contributed by atoms with E-state index < -0.39 is 29.0 Å². The van der Waals surface area contributed by atoms with Crippen LogP contribution in [0.2, 0.25) is 0 Å². The van der Waals surface area contributed by atoms with Gasteiger partial charge in [0.25, 0.3) is 11.5 Å². The second kappa shape index (κ2) is 9.81. The quantitative estimate of drug-likeness (QED) is 0.603. The zero-order valence-corrected chi connectivity index (χ0v) is 20.0. The van der Waals surface area contributed by atoms with Crippen LogP contribution in [0.5, 0.6) is 0 Å².